The predicted molar refractivity (Wildman–Crippen MR) is 75.8 cm³/mol. The molecule has 19 heavy (non-hydrogen) atoms. The number of aromatic nitrogens is 3. The highest BCUT2D eigenvalue weighted by molar-refractivity contribution is 5.15. The van der Waals surface area contributed by atoms with E-state index in [4.69, 9.17) is 5.73 Å². The first-order valence-corrected chi connectivity index (χ1v) is 6.66. The van der Waals surface area contributed by atoms with Crippen molar-refractivity contribution in [1.82, 2.24) is 15.0 Å². The van der Waals surface area contributed by atoms with Crippen LogP contribution in [0.2, 0.25) is 0 Å². The van der Waals surface area contributed by atoms with E-state index < -0.39 is 0 Å². The summed E-state index contributed by atoms with van der Waals surface area (Å²) in [5.41, 5.74) is 8.98. The molecule has 2 heterocycles. The van der Waals surface area contributed by atoms with Gasteiger partial charge in [-0.15, -0.1) is 0 Å². The summed E-state index contributed by atoms with van der Waals surface area (Å²) in [6.07, 6.45) is 4.21. The number of pyridine rings is 1. The predicted octanol–water partition coefficient (Wildman–Crippen LogP) is 2.05. The third-order valence-corrected chi connectivity index (χ3v) is 3.01. The van der Waals surface area contributed by atoms with Crippen LogP contribution in [0.4, 0.5) is 0 Å². The van der Waals surface area contributed by atoms with E-state index in [1.54, 1.807) is 6.20 Å². The van der Waals surface area contributed by atoms with E-state index in [1.807, 2.05) is 31.2 Å². The summed E-state index contributed by atoms with van der Waals surface area (Å²) < 4.78 is 0. The molecule has 0 aromatic carbocycles. The minimum atomic E-state index is 0.164. The first-order chi connectivity index (χ1) is 9.17. The second-order valence-corrected chi connectivity index (χ2v) is 4.79. The Balaban J connectivity index is 2.17. The molecular weight excluding hydrogens is 236 g/mol. The van der Waals surface area contributed by atoms with Gasteiger partial charge in [-0.05, 0) is 31.5 Å². The lowest BCUT2D eigenvalue weighted by Gasteiger charge is -2.10. The smallest absolute Gasteiger partial charge is 0.134 e. The molecule has 0 spiro atoms. The lowest BCUT2D eigenvalue weighted by atomic mass is 10.1. The maximum Gasteiger partial charge on any atom is 0.134 e. The Morgan fingerprint density at radius 1 is 1.21 bits per heavy atom. The molecule has 0 radical (unpaired) electrons. The maximum absolute atomic E-state index is 5.98. The third kappa shape index (κ3) is 4.10. The molecule has 0 fully saturated rings. The van der Waals surface area contributed by atoms with Gasteiger partial charge in [-0.2, -0.15) is 0 Å². The summed E-state index contributed by atoms with van der Waals surface area (Å²) in [6.45, 7) is 4.08. The number of hydrogen-bond acceptors (Lipinski definition) is 4. The lowest BCUT2D eigenvalue weighted by molar-refractivity contribution is 0.632. The molecule has 2 aromatic rings. The van der Waals surface area contributed by atoms with Gasteiger partial charge in [-0.25, -0.2) is 9.97 Å². The Kier molecular flexibility index (Phi) is 4.58. The summed E-state index contributed by atoms with van der Waals surface area (Å²) in [4.78, 5) is 13.4. The highest BCUT2D eigenvalue weighted by Gasteiger charge is 2.07. The molecule has 0 amide bonds. The van der Waals surface area contributed by atoms with E-state index in [0.29, 0.717) is 6.42 Å². The first kappa shape index (κ1) is 13.6. The minimum Gasteiger partial charge on any atom is -0.327 e. The Labute approximate surface area is 114 Å². The average molecular weight is 256 g/mol. The van der Waals surface area contributed by atoms with Crippen LogP contribution in [0.5, 0.6) is 0 Å². The van der Waals surface area contributed by atoms with E-state index in [9.17, 15) is 0 Å². The maximum atomic E-state index is 5.98. The van der Waals surface area contributed by atoms with E-state index in [1.165, 1.54) is 0 Å². The fraction of sp³-hybridized carbons (Fsp3) is 0.400. The van der Waals surface area contributed by atoms with E-state index in [0.717, 1.165) is 35.7 Å². The van der Waals surface area contributed by atoms with Crippen molar-refractivity contribution in [3.63, 3.8) is 0 Å². The van der Waals surface area contributed by atoms with Crippen LogP contribution in [0.3, 0.4) is 0 Å². The van der Waals surface area contributed by atoms with Crippen LogP contribution in [0.1, 0.15) is 36.3 Å². The first-order valence-electron chi connectivity index (χ1n) is 6.66. The monoisotopic (exact) mass is 256 g/mol. The van der Waals surface area contributed by atoms with Crippen molar-refractivity contribution in [2.75, 3.05) is 0 Å². The molecule has 0 aliphatic heterocycles. The van der Waals surface area contributed by atoms with Crippen molar-refractivity contribution >= 4 is 0 Å². The summed E-state index contributed by atoms with van der Waals surface area (Å²) in [7, 11) is 0. The average Bonchev–Trinajstić information content (AvgIpc) is 2.39. The van der Waals surface area contributed by atoms with Crippen molar-refractivity contribution in [3.05, 3.63) is 53.4 Å². The van der Waals surface area contributed by atoms with Crippen molar-refractivity contribution in [1.29, 1.82) is 0 Å². The van der Waals surface area contributed by atoms with Gasteiger partial charge in [0.15, 0.2) is 0 Å². The van der Waals surface area contributed by atoms with E-state index in [-0.39, 0.29) is 6.04 Å². The second kappa shape index (κ2) is 6.38. The molecule has 0 bridgehead atoms. The van der Waals surface area contributed by atoms with Crippen LogP contribution in [-0.4, -0.2) is 21.0 Å². The number of aryl methyl sites for hydroxylation is 1. The van der Waals surface area contributed by atoms with Crippen LogP contribution < -0.4 is 5.73 Å². The highest BCUT2D eigenvalue weighted by atomic mass is 14.9. The fourth-order valence-corrected chi connectivity index (χ4v) is 1.96. The van der Waals surface area contributed by atoms with Gasteiger partial charge < -0.3 is 5.73 Å². The number of nitrogens with two attached hydrogens (primary N) is 1. The Morgan fingerprint density at radius 3 is 2.74 bits per heavy atom. The van der Waals surface area contributed by atoms with Gasteiger partial charge in [-0.1, -0.05) is 13.0 Å². The van der Waals surface area contributed by atoms with Gasteiger partial charge in [0.2, 0.25) is 0 Å². The quantitative estimate of drug-likeness (QED) is 0.889. The van der Waals surface area contributed by atoms with E-state index in [2.05, 4.69) is 21.9 Å². The molecule has 0 saturated carbocycles. The van der Waals surface area contributed by atoms with Crippen LogP contribution in [0, 0.1) is 6.92 Å². The van der Waals surface area contributed by atoms with Crippen LogP contribution in [0.25, 0.3) is 0 Å². The van der Waals surface area contributed by atoms with Crippen molar-refractivity contribution in [3.8, 4) is 0 Å². The zero-order chi connectivity index (χ0) is 13.7. The summed E-state index contributed by atoms with van der Waals surface area (Å²) in [5, 5.41) is 0. The third-order valence-electron chi connectivity index (χ3n) is 3.01. The van der Waals surface area contributed by atoms with Crippen LogP contribution >= 0.6 is 0 Å². The normalized spacial score (nSPS) is 12.4. The number of nitrogens with zero attached hydrogens (tertiary/aromatic N) is 3. The molecule has 2 rings (SSSR count). The van der Waals surface area contributed by atoms with Crippen molar-refractivity contribution < 1.29 is 0 Å². The number of hydrogen-bond donors (Lipinski definition) is 1. The van der Waals surface area contributed by atoms with Gasteiger partial charge in [0.25, 0.3) is 0 Å². The molecule has 100 valence electrons. The van der Waals surface area contributed by atoms with Crippen LogP contribution in [0.15, 0.2) is 30.5 Å². The number of rotatable bonds is 5. The largest absolute Gasteiger partial charge is 0.327 e. The van der Waals surface area contributed by atoms with Crippen LogP contribution in [-0.2, 0) is 12.8 Å². The Hall–Kier alpha value is -1.81. The molecule has 4 nitrogen and oxygen atoms in total. The lowest BCUT2D eigenvalue weighted by Crippen LogP contribution is -2.22. The topological polar surface area (TPSA) is 64.7 Å². The summed E-state index contributed by atoms with van der Waals surface area (Å²) in [5.74, 6) is 0.817. The van der Waals surface area contributed by atoms with Gasteiger partial charge in [-0.3, -0.25) is 4.98 Å². The van der Waals surface area contributed by atoms with Gasteiger partial charge in [0.1, 0.15) is 5.82 Å². The standard InChI is InChI=1S/C15H20N4/c1-3-12(16)9-14-8-11(2)18-15(19-14)10-13-6-4-5-7-17-13/h4-8,12H,3,9-10,16H2,1-2H3. The molecule has 1 unspecified atom stereocenters. The summed E-state index contributed by atoms with van der Waals surface area (Å²) in [6, 6.07) is 8.05. The molecular formula is C15H20N4. The van der Waals surface area contributed by atoms with Crippen molar-refractivity contribution in [2.45, 2.75) is 39.2 Å². The highest BCUT2D eigenvalue weighted by Crippen LogP contribution is 2.08. The molecule has 0 aliphatic carbocycles. The molecule has 2 N–H and O–H groups in total. The zero-order valence-electron chi connectivity index (χ0n) is 11.5. The van der Waals surface area contributed by atoms with Crippen molar-refractivity contribution in [2.24, 2.45) is 5.73 Å². The van der Waals surface area contributed by atoms with Gasteiger partial charge in [0.05, 0.1) is 6.42 Å². The van der Waals surface area contributed by atoms with Gasteiger partial charge >= 0.3 is 0 Å². The summed E-state index contributed by atoms with van der Waals surface area (Å²) >= 11 is 0. The van der Waals surface area contributed by atoms with Gasteiger partial charge in [0, 0.05) is 35.7 Å². The van der Waals surface area contributed by atoms with E-state index >= 15 is 0 Å². The Morgan fingerprint density at radius 2 is 2.05 bits per heavy atom. The molecule has 0 aliphatic rings. The molecule has 1 atom stereocenters. The molecule has 0 saturated heterocycles. The SMILES string of the molecule is CCC(N)Cc1cc(C)nc(Cc2ccccn2)n1. The minimum absolute atomic E-state index is 0.164. The second-order valence-electron chi connectivity index (χ2n) is 4.79. The molecule has 2 aromatic heterocycles. The molecule has 4 heteroatoms. The Bertz CT molecular complexity index is 525. The zero-order valence-corrected chi connectivity index (χ0v) is 11.5. The fourth-order valence-electron chi connectivity index (χ4n) is 1.96.